The fourth-order valence-electron chi connectivity index (χ4n) is 3.38. The highest BCUT2D eigenvalue weighted by Gasteiger charge is 2.34. The van der Waals surface area contributed by atoms with E-state index in [2.05, 4.69) is 15.6 Å². The predicted molar refractivity (Wildman–Crippen MR) is 129 cm³/mol. The number of halogens is 2. The molecule has 0 aliphatic rings. The number of carbonyl (C=O) groups excluding carboxylic acids is 2. The molecular weight excluding hydrogens is 522 g/mol. The van der Waals surface area contributed by atoms with Crippen molar-refractivity contribution in [2.24, 2.45) is 0 Å². The van der Waals surface area contributed by atoms with Crippen LogP contribution >= 0.6 is 11.8 Å². The lowest BCUT2D eigenvalue weighted by Gasteiger charge is -2.32. The first-order chi connectivity index (χ1) is 16.8. The Morgan fingerprint density at radius 1 is 1.11 bits per heavy atom. The lowest BCUT2D eigenvalue weighted by molar-refractivity contribution is -0.121. The zero-order valence-electron chi connectivity index (χ0n) is 19.7. The van der Waals surface area contributed by atoms with Gasteiger partial charge < -0.3 is 25.3 Å². The van der Waals surface area contributed by atoms with Crippen molar-refractivity contribution >= 4 is 39.6 Å². The molecule has 0 saturated heterocycles. The average Bonchev–Trinajstić information content (AvgIpc) is 3.21. The van der Waals surface area contributed by atoms with Gasteiger partial charge >= 0.3 is 6.01 Å². The van der Waals surface area contributed by atoms with Crippen LogP contribution < -0.4 is 15.4 Å². The SMILES string of the molecule is CSCCC(NC(C)=O)C(O)C(O)C(Cc1cc(F)cc(F)c1)NC(=O)c1coc(NS(C)(=O)=O)n1. The van der Waals surface area contributed by atoms with Crippen LogP contribution in [0, 0.1) is 11.6 Å². The molecule has 4 atom stereocenters. The lowest BCUT2D eigenvalue weighted by atomic mass is 9.92. The number of benzene rings is 1. The minimum absolute atomic E-state index is 0.0730. The topological polar surface area (TPSA) is 171 Å². The number of sulfonamides is 1. The van der Waals surface area contributed by atoms with E-state index in [-0.39, 0.29) is 24.1 Å². The number of nitrogens with zero attached hydrogens (tertiary/aromatic N) is 1. The number of carbonyl (C=O) groups is 2. The van der Waals surface area contributed by atoms with E-state index < -0.39 is 63.8 Å². The summed E-state index contributed by atoms with van der Waals surface area (Å²) in [6.45, 7) is 1.24. The quantitative estimate of drug-likeness (QED) is 0.240. The molecule has 0 bridgehead atoms. The third kappa shape index (κ3) is 9.37. The smallest absolute Gasteiger partial charge is 0.309 e. The predicted octanol–water partition coefficient (Wildman–Crippen LogP) is 0.645. The van der Waals surface area contributed by atoms with Gasteiger partial charge in [0.1, 0.15) is 30.1 Å². The van der Waals surface area contributed by atoms with E-state index in [0.717, 1.165) is 24.7 Å². The first-order valence-corrected chi connectivity index (χ1v) is 13.9. The van der Waals surface area contributed by atoms with Gasteiger partial charge in [0.15, 0.2) is 5.69 Å². The Morgan fingerprint density at radius 2 is 1.72 bits per heavy atom. The lowest BCUT2D eigenvalue weighted by Crippen LogP contribution is -2.56. The number of anilines is 1. The molecule has 200 valence electrons. The summed E-state index contributed by atoms with van der Waals surface area (Å²) in [5, 5.41) is 26.8. The van der Waals surface area contributed by atoms with Crippen LogP contribution in [0.4, 0.5) is 14.8 Å². The summed E-state index contributed by atoms with van der Waals surface area (Å²) in [5.41, 5.74) is -0.289. The molecule has 0 aliphatic carbocycles. The van der Waals surface area contributed by atoms with Gasteiger partial charge in [-0.2, -0.15) is 16.7 Å². The van der Waals surface area contributed by atoms with Crippen LogP contribution in [-0.4, -0.2) is 78.0 Å². The summed E-state index contributed by atoms with van der Waals surface area (Å²) in [6, 6.07) is 0.00149. The fraction of sp³-hybridized carbons (Fsp3) is 0.476. The molecule has 5 N–H and O–H groups in total. The van der Waals surface area contributed by atoms with Crippen LogP contribution in [0.1, 0.15) is 29.4 Å². The molecule has 2 aromatic rings. The van der Waals surface area contributed by atoms with Gasteiger partial charge in [-0.05, 0) is 42.5 Å². The number of thioether (sulfide) groups is 1. The van der Waals surface area contributed by atoms with Crippen molar-refractivity contribution < 1.29 is 41.4 Å². The number of hydrogen-bond acceptors (Lipinski definition) is 9. The first kappa shape index (κ1) is 29.5. The molecule has 15 heteroatoms. The molecule has 0 fully saturated rings. The van der Waals surface area contributed by atoms with Crippen molar-refractivity contribution in [3.8, 4) is 0 Å². The van der Waals surface area contributed by atoms with Crippen LogP contribution in [0.2, 0.25) is 0 Å². The van der Waals surface area contributed by atoms with E-state index in [1.807, 2.05) is 11.0 Å². The minimum Gasteiger partial charge on any atom is -0.431 e. The van der Waals surface area contributed by atoms with Crippen LogP contribution in [-0.2, 0) is 21.2 Å². The largest absolute Gasteiger partial charge is 0.431 e. The molecule has 1 heterocycles. The number of nitrogens with one attached hydrogen (secondary N) is 3. The van der Waals surface area contributed by atoms with Gasteiger partial charge in [0.2, 0.25) is 15.9 Å². The summed E-state index contributed by atoms with van der Waals surface area (Å²) in [5.74, 6) is -2.60. The molecular formula is C21H28F2N4O7S2. The highest BCUT2D eigenvalue weighted by atomic mass is 32.2. The van der Waals surface area contributed by atoms with Crippen molar-refractivity contribution in [3.05, 3.63) is 47.4 Å². The maximum atomic E-state index is 13.7. The van der Waals surface area contributed by atoms with Crippen molar-refractivity contribution in [2.75, 3.05) is 23.0 Å². The summed E-state index contributed by atoms with van der Waals surface area (Å²) in [4.78, 5) is 28.1. The molecule has 0 radical (unpaired) electrons. The summed E-state index contributed by atoms with van der Waals surface area (Å²) < 4.78 is 57.0. The molecule has 0 spiro atoms. The zero-order valence-corrected chi connectivity index (χ0v) is 21.3. The van der Waals surface area contributed by atoms with E-state index in [9.17, 15) is 37.0 Å². The van der Waals surface area contributed by atoms with E-state index in [1.165, 1.54) is 18.7 Å². The van der Waals surface area contributed by atoms with Gasteiger partial charge in [-0.1, -0.05) is 0 Å². The van der Waals surface area contributed by atoms with Crippen LogP contribution in [0.3, 0.4) is 0 Å². The second-order valence-electron chi connectivity index (χ2n) is 8.04. The molecule has 0 saturated carbocycles. The van der Waals surface area contributed by atoms with Crippen molar-refractivity contribution in [1.82, 2.24) is 15.6 Å². The normalized spacial score (nSPS) is 15.0. The molecule has 2 rings (SSSR count). The van der Waals surface area contributed by atoms with Gasteiger partial charge in [-0.3, -0.25) is 9.59 Å². The van der Waals surface area contributed by atoms with Gasteiger partial charge in [-0.25, -0.2) is 21.9 Å². The Balaban J connectivity index is 2.32. The van der Waals surface area contributed by atoms with Gasteiger partial charge in [0, 0.05) is 13.0 Å². The number of aliphatic hydroxyl groups is 2. The Morgan fingerprint density at radius 3 is 2.28 bits per heavy atom. The third-order valence-electron chi connectivity index (χ3n) is 4.90. The molecule has 4 unspecified atom stereocenters. The molecule has 2 amide bonds. The number of aliphatic hydroxyl groups excluding tert-OH is 2. The number of aromatic nitrogens is 1. The second-order valence-corrected chi connectivity index (χ2v) is 10.8. The molecule has 36 heavy (non-hydrogen) atoms. The summed E-state index contributed by atoms with van der Waals surface area (Å²) >= 11 is 1.45. The summed E-state index contributed by atoms with van der Waals surface area (Å²) in [6.07, 6.45) is 0.260. The zero-order chi connectivity index (χ0) is 27.0. The van der Waals surface area contributed by atoms with Crippen molar-refractivity contribution in [3.63, 3.8) is 0 Å². The minimum atomic E-state index is -3.73. The van der Waals surface area contributed by atoms with Crippen molar-refractivity contribution in [2.45, 2.75) is 44.1 Å². The Labute approximate surface area is 211 Å². The number of amides is 2. The number of oxazole rings is 1. The average molecular weight is 551 g/mol. The molecule has 1 aromatic carbocycles. The van der Waals surface area contributed by atoms with Gasteiger partial charge in [0.05, 0.1) is 18.3 Å². The highest BCUT2D eigenvalue weighted by Crippen LogP contribution is 2.17. The summed E-state index contributed by atoms with van der Waals surface area (Å²) in [7, 11) is -3.73. The molecule has 11 nitrogen and oxygen atoms in total. The maximum absolute atomic E-state index is 13.7. The van der Waals surface area contributed by atoms with Gasteiger partial charge in [-0.15, -0.1) is 0 Å². The third-order valence-corrected chi connectivity index (χ3v) is 6.09. The molecule has 0 aliphatic heterocycles. The number of hydrogen-bond donors (Lipinski definition) is 5. The Hall–Kier alpha value is -2.75. The van der Waals surface area contributed by atoms with Gasteiger partial charge in [0.25, 0.3) is 5.91 Å². The molecule has 1 aromatic heterocycles. The first-order valence-electron chi connectivity index (χ1n) is 10.6. The van der Waals surface area contributed by atoms with Crippen LogP contribution in [0.25, 0.3) is 0 Å². The van der Waals surface area contributed by atoms with E-state index in [1.54, 1.807) is 0 Å². The van der Waals surface area contributed by atoms with E-state index in [0.29, 0.717) is 11.8 Å². The standard InChI is InChI=1S/C21H28F2N4O7S2/c1-11(28)24-15(4-5-35-2)18(29)19(30)16(8-12-6-13(22)9-14(23)7-12)25-20(31)17-10-34-21(26-17)27-36(3,32)33/h6-7,9-10,15-16,18-19,29-30H,4-5,8H2,1-3H3,(H,24,28)(H,25,31)(H,26,27). The van der Waals surface area contributed by atoms with E-state index in [4.69, 9.17) is 4.42 Å². The number of rotatable bonds is 13. The maximum Gasteiger partial charge on any atom is 0.309 e. The van der Waals surface area contributed by atoms with Crippen LogP contribution in [0.15, 0.2) is 28.9 Å². The highest BCUT2D eigenvalue weighted by molar-refractivity contribution is 7.98. The van der Waals surface area contributed by atoms with Crippen molar-refractivity contribution in [1.29, 1.82) is 0 Å². The fourth-order valence-corrected chi connectivity index (χ4v) is 4.28. The Bertz CT molecular complexity index is 1140. The Kier molecular flexibility index (Phi) is 10.6. The second kappa shape index (κ2) is 13.0. The van der Waals surface area contributed by atoms with Crippen LogP contribution in [0.5, 0.6) is 0 Å². The monoisotopic (exact) mass is 550 g/mol. The van der Waals surface area contributed by atoms with E-state index >= 15 is 0 Å².